The molecule has 22 heavy (non-hydrogen) atoms. The minimum atomic E-state index is -3.36. The van der Waals surface area contributed by atoms with Crippen molar-refractivity contribution in [3.05, 3.63) is 35.4 Å². The lowest BCUT2D eigenvalue weighted by Gasteiger charge is -2.35. The Morgan fingerprint density at radius 3 is 2.73 bits per heavy atom. The van der Waals surface area contributed by atoms with Crippen molar-refractivity contribution in [3.63, 3.8) is 0 Å². The predicted octanol–water partition coefficient (Wildman–Crippen LogP) is 1.51. The Labute approximate surface area is 128 Å². The summed E-state index contributed by atoms with van der Waals surface area (Å²) in [5.74, 6) is -2.20. The zero-order valence-corrected chi connectivity index (χ0v) is 13.0. The fourth-order valence-electron chi connectivity index (χ4n) is 2.55. The summed E-state index contributed by atoms with van der Waals surface area (Å²) in [6, 6.07) is 2.48. The fourth-order valence-corrected chi connectivity index (χ4v) is 3.04. The SMILES string of the molecule is CS(=O)(=O)NC[C@@H]1CCCCN1C(=O)c1ccc(F)cc1F. The molecule has 1 atom stereocenters. The van der Waals surface area contributed by atoms with E-state index in [-0.39, 0.29) is 18.2 Å². The number of halogens is 2. The normalized spacial score (nSPS) is 19.2. The summed E-state index contributed by atoms with van der Waals surface area (Å²) >= 11 is 0. The number of rotatable bonds is 4. The van der Waals surface area contributed by atoms with Crippen molar-refractivity contribution in [3.8, 4) is 0 Å². The molecule has 8 heteroatoms. The molecule has 0 spiro atoms. The van der Waals surface area contributed by atoms with Crippen molar-refractivity contribution in [2.75, 3.05) is 19.3 Å². The van der Waals surface area contributed by atoms with Gasteiger partial charge in [-0.25, -0.2) is 21.9 Å². The van der Waals surface area contributed by atoms with E-state index < -0.39 is 27.6 Å². The number of piperidine rings is 1. The van der Waals surface area contributed by atoms with Crippen LogP contribution in [0.5, 0.6) is 0 Å². The van der Waals surface area contributed by atoms with Gasteiger partial charge in [-0.05, 0) is 31.4 Å². The van der Waals surface area contributed by atoms with Gasteiger partial charge in [0.2, 0.25) is 10.0 Å². The van der Waals surface area contributed by atoms with Crippen molar-refractivity contribution in [2.45, 2.75) is 25.3 Å². The van der Waals surface area contributed by atoms with Crippen molar-refractivity contribution in [2.24, 2.45) is 0 Å². The molecule has 0 aromatic heterocycles. The molecule has 0 radical (unpaired) electrons. The maximum absolute atomic E-state index is 13.8. The molecule has 1 aromatic carbocycles. The van der Waals surface area contributed by atoms with Gasteiger partial charge in [-0.2, -0.15) is 0 Å². The van der Waals surface area contributed by atoms with Crippen molar-refractivity contribution in [1.29, 1.82) is 0 Å². The number of nitrogens with one attached hydrogen (secondary N) is 1. The number of hydrogen-bond acceptors (Lipinski definition) is 3. The Morgan fingerprint density at radius 1 is 1.36 bits per heavy atom. The number of nitrogens with zero attached hydrogens (tertiary/aromatic N) is 1. The van der Waals surface area contributed by atoms with Crippen LogP contribution in [0.4, 0.5) is 8.78 Å². The highest BCUT2D eigenvalue weighted by molar-refractivity contribution is 7.88. The standard InChI is InChI=1S/C14H18F2N2O3S/c1-22(20,21)17-9-11-4-2-3-7-18(11)14(19)12-6-5-10(15)8-13(12)16/h5-6,8,11,17H,2-4,7,9H2,1H3/t11-/m0/s1. The van der Waals surface area contributed by atoms with Gasteiger partial charge in [-0.15, -0.1) is 0 Å². The number of sulfonamides is 1. The van der Waals surface area contributed by atoms with Crippen LogP contribution in [0.3, 0.4) is 0 Å². The van der Waals surface area contributed by atoms with Crippen LogP contribution in [-0.2, 0) is 10.0 Å². The summed E-state index contributed by atoms with van der Waals surface area (Å²) in [7, 11) is -3.36. The first-order valence-corrected chi connectivity index (χ1v) is 8.88. The van der Waals surface area contributed by atoms with E-state index in [1.165, 1.54) is 4.90 Å². The van der Waals surface area contributed by atoms with Gasteiger partial charge in [0.25, 0.3) is 5.91 Å². The minimum absolute atomic E-state index is 0.0907. The molecular weight excluding hydrogens is 314 g/mol. The van der Waals surface area contributed by atoms with E-state index in [4.69, 9.17) is 0 Å². The molecule has 0 aliphatic carbocycles. The molecule has 1 saturated heterocycles. The molecule has 0 unspecified atom stereocenters. The van der Waals surface area contributed by atoms with Crippen LogP contribution in [0.1, 0.15) is 29.6 Å². The van der Waals surface area contributed by atoms with E-state index in [2.05, 4.69) is 4.72 Å². The van der Waals surface area contributed by atoms with Crippen LogP contribution in [0.2, 0.25) is 0 Å². The highest BCUT2D eigenvalue weighted by Gasteiger charge is 2.29. The van der Waals surface area contributed by atoms with E-state index in [1.54, 1.807) is 0 Å². The first-order chi connectivity index (χ1) is 10.3. The predicted molar refractivity (Wildman–Crippen MR) is 77.9 cm³/mol. The van der Waals surface area contributed by atoms with E-state index in [9.17, 15) is 22.0 Å². The largest absolute Gasteiger partial charge is 0.334 e. The average molecular weight is 332 g/mol. The number of amides is 1. The zero-order chi connectivity index (χ0) is 16.3. The highest BCUT2D eigenvalue weighted by atomic mass is 32.2. The quantitative estimate of drug-likeness (QED) is 0.909. The summed E-state index contributed by atoms with van der Waals surface area (Å²) < 4.78 is 51.5. The smallest absolute Gasteiger partial charge is 0.257 e. The Morgan fingerprint density at radius 2 is 2.09 bits per heavy atom. The zero-order valence-electron chi connectivity index (χ0n) is 12.2. The highest BCUT2D eigenvalue weighted by Crippen LogP contribution is 2.21. The van der Waals surface area contributed by atoms with Crippen LogP contribution in [-0.4, -0.2) is 44.6 Å². The summed E-state index contributed by atoms with van der Waals surface area (Å²) in [5, 5.41) is 0. The van der Waals surface area contributed by atoms with Gasteiger partial charge in [0.05, 0.1) is 11.8 Å². The van der Waals surface area contributed by atoms with Crippen molar-refractivity contribution < 1.29 is 22.0 Å². The van der Waals surface area contributed by atoms with Crippen LogP contribution < -0.4 is 4.72 Å². The van der Waals surface area contributed by atoms with E-state index in [0.717, 1.165) is 31.2 Å². The van der Waals surface area contributed by atoms with Crippen molar-refractivity contribution in [1.82, 2.24) is 9.62 Å². The van der Waals surface area contributed by atoms with Crippen LogP contribution in [0, 0.1) is 11.6 Å². The Kier molecular flexibility index (Phi) is 5.12. The van der Waals surface area contributed by atoms with Gasteiger partial charge in [-0.1, -0.05) is 0 Å². The Hall–Kier alpha value is -1.54. The molecule has 1 aliphatic rings. The third-order valence-corrected chi connectivity index (χ3v) is 4.32. The first-order valence-electron chi connectivity index (χ1n) is 6.98. The lowest BCUT2D eigenvalue weighted by atomic mass is 10.0. The van der Waals surface area contributed by atoms with Crippen molar-refractivity contribution >= 4 is 15.9 Å². The van der Waals surface area contributed by atoms with Crippen LogP contribution >= 0.6 is 0 Å². The molecule has 0 saturated carbocycles. The monoisotopic (exact) mass is 332 g/mol. The number of carbonyl (C=O) groups is 1. The molecule has 5 nitrogen and oxygen atoms in total. The Bertz CT molecular complexity index is 664. The molecule has 1 aliphatic heterocycles. The molecule has 1 aromatic rings. The number of carbonyl (C=O) groups excluding carboxylic acids is 1. The maximum atomic E-state index is 13.8. The van der Waals surface area contributed by atoms with Gasteiger partial charge in [0.1, 0.15) is 11.6 Å². The summed E-state index contributed by atoms with van der Waals surface area (Å²) in [4.78, 5) is 13.9. The third kappa shape index (κ3) is 4.23. The number of benzene rings is 1. The van der Waals surface area contributed by atoms with Gasteiger partial charge in [0, 0.05) is 25.2 Å². The molecule has 122 valence electrons. The molecule has 0 bridgehead atoms. The molecule has 2 rings (SSSR count). The molecule has 1 heterocycles. The van der Waals surface area contributed by atoms with E-state index >= 15 is 0 Å². The second kappa shape index (κ2) is 6.70. The van der Waals surface area contributed by atoms with Gasteiger partial charge >= 0.3 is 0 Å². The van der Waals surface area contributed by atoms with Crippen LogP contribution in [0.15, 0.2) is 18.2 Å². The third-order valence-electron chi connectivity index (χ3n) is 3.63. The second-order valence-corrected chi connectivity index (χ2v) is 7.23. The summed E-state index contributed by atoms with van der Waals surface area (Å²) in [5.41, 5.74) is -0.201. The van der Waals surface area contributed by atoms with E-state index in [0.29, 0.717) is 19.0 Å². The minimum Gasteiger partial charge on any atom is -0.334 e. The Balaban J connectivity index is 2.17. The first kappa shape index (κ1) is 16.8. The molecule has 1 amide bonds. The number of hydrogen-bond donors (Lipinski definition) is 1. The summed E-state index contributed by atoms with van der Waals surface area (Å²) in [6.07, 6.45) is 3.31. The van der Waals surface area contributed by atoms with Crippen LogP contribution in [0.25, 0.3) is 0 Å². The maximum Gasteiger partial charge on any atom is 0.257 e. The van der Waals surface area contributed by atoms with Gasteiger partial charge < -0.3 is 4.90 Å². The lowest BCUT2D eigenvalue weighted by Crippen LogP contribution is -2.49. The van der Waals surface area contributed by atoms with E-state index in [1.807, 2.05) is 0 Å². The average Bonchev–Trinajstić information content (AvgIpc) is 2.44. The second-order valence-electron chi connectivity index (χ2n) is 5.39. The summed E-state index contributed by atoms with van der Waals surface area (Å²) in [6.45, 7) is 0.513. The van der Waals surface area contributed by atoms with Gasteiger partial charge in [-0.3, -0.25) is 4.79 Å². The fraction of sp³-hybridized carbons (Fsp3) is 0.500. The lowest BCUT2D eigenvalue weighted by molar-refractivity contribution is 0.0614. The van der Waals surface area contributed by atoms with Gasteiger partial charge in [0.15, 0.2) is 0 Å². The molecule has 1 N–H and O–H groups in total. The molecular formula is C14H18F2N2O3S. The molecule has 1 fully saturated rings. The number of likely N-dealkylation sites (tertiary alicyclic amines) is 1. The topological polar surface area (TPSA) is 66.5 Å².